The zero-order chi connectivity index (χ0) is 13.7. The summed E-state index contributed by atoms with van der Waals surface area (Å²) in [6.07, 6.45) is 5.36. The lowest BCUT2D eigenvalue weighted by atomic mass is 10.1. The minimum atomic E-state index is -0.903. The van der Waals surface area contributed by atoms with Crippen LogP contribution >= 0.6 is 0 Å². The Kier molecular flexibility index (Phi) is 2.57. The summed E-state index contributed by atoms with van der Waals surface area (Å²) >= 11 is 0. The monoisotopic (exact) mass is 272 g/mol. The molecule has 4 rings (SSSR count). The van der Waals surface area contributed by atoms with E-state index in [2.05, 4.69) is 4.98 Å². The van der Waals surface area contributed by atoms with E-state index in [9.17, 15) is 9.90 Å². The number of benzene rings is 1. The molecule has 1 aromatic carbocycles. The molecule has 2 unspecified atom stereocenters. The molecule has 2 heterocycles. The highest BCUT2D eigenvalue weighted by atomic mass is 16.5. The van der Waals surface area contributed by atoms with Crippen LogP contribution in [0, 0.1) is 5.92 Å². The predicted octanol–water partition coefficient (Wildman–Crippen LogP) is 2.47. The molecule has 1 aromatic heterocycles. The molecule has 2 atom stereocenters. The molecule has 1 aliphatic carbocycles. The van der Waals surface area contributed by atoms with Crippen molar-refractivity contribution in [1.29, 1.82) is 0 Å². The zero-order valence-electron chi connectivity index (χ0n) is 11.0. The Bertz CT molecular complexity index is 675. The number of hydrogen-bond donors (Lipinski definition) is 1. The highest BCUT2D eigenvalue weighted by Gasteiger charge is 2.42. The van der Waals surface area contributed by atoms with Crippen LogP contribution in [0.1, 0.15) is 35.7 Å². The average Bonchev–Trinajstić information content (AvgIpc) is 3.01. The fourth-order valence-corrected chi connectivity index (χ4v) is 3.29. The Hall–Kier alpha value is -1.88. The quantitative estimate of drug-likeness (QED) is 0.932. The summed E-state index contributed by atoms with van der Waals surface area (Å²) in [4.78, 5) is 15.8. The van der Waals surface area contributed by atoms with Crippen LogP contribution in [0.25, 0.3) is 11.0 Å². The number of carboxylic acid groups (broad SMARTS) is 1. The number of carboxylic acids is 1. The van der Waals surface area contributed by atoms with Crippen molar-refractivity contribution in [1.82, 2.24) is 9.55 Å². The number of aromatic nitrogens is 2. The van der Waals surface area contributed by atoms with Gasteiger partial charge in [-0.25, -0.2) is 9.78 Å². The standard InChI is InChI=1S/C15H16N2O3/c18-15(19)10-2-1-3-11-13(10)17(8-16-11)12-6-7-20-14(12)9-4-5-9/h1-3,8-9,12,14H,4-7H2,(H,18,19). The summed E-state index contributed by atoms with van der Waals surface area (Å²) in [7, 11) is 0. The number of nitrogens with zero attached hydrogens (tertiary/aromatic N) is 2. The van der Waals surface area contributed by atoms with Crippen LogP contribution in [0.4, 0.5) is 0 Å². The second-order valence-corrected chi connectivity index (χ2v) is 5.66. The van der Waals surface area contributed by atoms with E-state index in [0.29, 0.717) is 11.5 Å². The summed E-state index contributed by atoms with van der Waals surface area (Å²) in [6, 6.07) is 5.46. The third kappa shape index (κ3) is 1.73. The van der Waals surface area contributed by atoms with Gasteiger partial charge in [0.1, 0.15) is 0 Å². The fraction of sp³-hybridized carbons (Fsp3) is 0.467. The van der Waals surface area contributed by atoms with Crippen LogP contribution in [0.3, 0.4) is 0 Å². The Morgan fingerprint density at radius 3 is 2.95 bits per heavy atom. The van der Waals surface area contributed by atoms with Crippen molar-refractivity contribution in [2.75, 3.05) is 6.61 Å². The lowest BCUT2D eigenvalue weighted by Crippen LogP contribution is -2.22. The summed E-state index contributed by atoms with van der Waals surface area (Å²) in [5, 5.41) is 9.38. The molecule has 20 heavy (non-hydrogen) atoms. The predicted molar refractivity (Wildman–Crippen MR) is 72.8 cm³/mol. The van der Waals surface area contributed by atoms with Gasteiger partial charge in [0.15, 0.2) is 0 Å². The molecular weight excluding hydrogens is 256 g/mol. The Balaban J connectivity index is 1.85. The lowest BCUT2D eigenvalue weighted by Gasteiger charge is -2.20. The van der Waals surface area contributed by atoms with Gasteiger partial charge in [0.2, 0.25) is 0 Å². The second-order valence-electron chi connectivity index (χ2n) is 5.66. The number of imidazole rings is 1. The van der Waals surface area contributed by atoms with Crippen molar-refractivity contribution in [2.45, 2.75) is 31.4 Å². The van der Waals surface area contributed by atoms with Crippen molar-refractivity contribution in [3.05, 3.63) is 30.1 Å². The smallest absolute Gasteiger partial charge is 0.337 e. The molecule has 2 aromatic rings. The number of rotatable bonds is 3. The SMILES string of the molecule is O=C(O)c1cccc2ncn(C3CCOC3C3CC3)c12. The van der Waals surface area contributed by atoms with E-state index < -0.39 is 5.97 Å². The number of carbonyl (C=O) groups is 1. The zero-order valence-corrected chi connectivity index (χ0v) is 11.0. The molecule has 2 fully saturated rings. The maximum atomic E-state index is 11.4. The number of aromatic carboxylic acids is 1. The number of ether oxygens (including phenoxy) is 1. The molecule has 0 amide bonds. The first kappa shape index (κ1) is 11.9. The normalized spacial score (nSPS) is 26.2. The minimum absolute atomic E-state index is 0.216. The minimum Gasteiger partial charge on any atom is -0.478 e. The maximum Gasteiger partial charge on any atom is 0.337 e. The third-order valence-electron chi connectivity index (χ3n) is 4.37. The summed E-state index contributed by atoms with van der Waals surface area (Å²) in [5.41, 5.74) is 1.79. The molecule has 0 radical (unpaired) electrons. The molecular formula is C15H16N2O3. The van der Waals surface area contributed by atoms with Gasteiger partial charge in [0.25, 0.3) is 0 Å². The van der Waals surface area contributed by atoms with Gasteiger partial charge in [-0.1, -0.05) is 6.07 Å². The highest BCUT2D eigenvalue weighted by Crippen LogP contribution is 2.44. The van der Waals surface area contributed by atoms with Crippen LogP contribution in [0.15, 0.2) is 24.5 Å². The van der Waals surface area contributed by atoms with Crippen molar-refractivity contribution < 1.29 is 14.6 Å². The van der Waals surface area contributed by atoms with E-state index in [4.69, 9.17) is 4.74 Å². The number of para-hydroxylation sites is 1. The fourth-order valence-electron chi connectivity index (χ4n) is 3.29. The van der Waals surface area contributed by atoms with Crippen molar-refractivity contribution in [3.63, 3.8) is 0 Å². The van der Waals surface area contributed by atoms with Gasteiger partial charge in [0, 0.05) is 6.61 Å². The van der Waals surface area contributed by atoms with Crippen LogP contribution in [0.2, 0.25) is 0 Å². The van der Waals surface area contributed by atoms with Gasteiger partial charge in [-0.05, 0) is 37.3 Å². The van der Waals surface area contributed by atoms with E-state index in [0.717, 1.165) is 24.1 Å². The van der Waals surface area contributed by atoms with Gasteiger partial charge < -0.3 is 14.4 Å². The topological polar surface area (TPSA) is 64.3 Å². The van der Waals surface area contributed by atoms with Crippen molar-refractivity contribution in [3.8, 4) is 0 Å². The summed E-state index contributed by atoms with van der Waals surface area (Å²) in [5.74, 6) is -0.267. The number of hydrogen-bond acceptors (Lipinski definition) is 3. The van der Waals surface area contributed by atoms with Gasteiger partial charge in [-0.3, -0.25) is 0 Å². The highest BCUT2D eigenvalue weighted by molar-refractivity contribution is 6.01. The van der Waals surface area contributed by atoms with Gasteiger partial charge in [-0.2, -0.15) is 0 Å². The maximum absolute atomic E-state index is 11.4. The molecule has 1 saturated carbocycles. The second kappa shape index (κ2) is 4.31. The molecule has 0 spiro atoms. The van der Waals surface area contributed by atoms with E-state index in [1.807, 2.05) is 10.6 Å². The van der Waals surface area contributed by atoms with Gasteiger partial charge >= 0.3 is 5.97 Å². The Morgan fingerprint density at radius 2 is 2.20 bits per heavy atom. The van der Waals surface area contributed by atoms with Gasteiger partial charge in [0.05, 0.1) is 35.1 Å². The molecule has 5 heteroatoms. The van der Waals surface area contributed by atoms with E-state index >= 15 is 0 Å². The summed E-state index contributed by atoms with van der Waals surface area (Å²) in [6.45, 7) is 0.751. The van der Waals surface area contributed by atoms with E-state index in [-0.39, 0.29) is 12.1 Å². The van der Waals surface area contributed by atoms with Crippen LogP contribution in [-0.4, -0.2) is 33.3 Å². The van der Waals surface area contributed by atoms with Crippen LogP contribution < -0.4 is 0 Å². The Morgan fingerprint density at radius 1 is 1.35 bits per heavy atom. The molecule has 5 nitrogen and oxygen atoms in total. The first-order valence-corrected chi connectivity index (χ1v) is 7.06. The van der Waals surface area contributed by atoms with Crippen LogP contribution in [-0.2, 0) is 4.74 Å². The molecule has 1 saturated heterocycles. The average molecular weight is 272 g/mol. The largest absolute Gasteiger partial charge is 0.478 e. The molecule has 2 aliphatic rings. The molecule has 1 aliphatic heterocycles. The first-order chi connectivity index (χ1) is 9.75. The molecule has 104 valence electrons. The Labute approximate surface area is 116 Å². The van der Waals surface area contributed by atoms with Gasteiger partial charge in [-0.15, -0.1) is 0 Å². The van der Waals surface area contributed by atoms with Crippen molar-refractivity contribution in [2.24, 2.45) is 5.92 Å². The first-order valence-electron chi connectivity index (χ1n) is 7.06. The third-order valence-corrected chi connectivity index (χ3v) is 4.37. The lowest BCUT2D eigenvalue weighted by molar-refractivity contribution is 0.0694. The molecule has 1 N–H and O–H groups in total. The van der Waals surface area contributed by atoms with Crippen molar-refractivity contribution >= 4 is 17.0 Å². The number of fused-ring (bicyclic) bond motifs is 1. The molecule has 0 bridgehead atoms. The van der Waals surface area contributed by atoms with E-state index in [1.54, 1.807) is 18.5 Å². The summed E-state index contributed by atoms with van der Waals surface area (Å²) < 4.78 is 7.89. The van der Waals surface area contributed by atoms with E-state index in [1.165, 1.54) is 12.8 Å². The van der Waals surface area contributed by atoms with Crippen LogP contribution in [0.5, 0.6) is 0 Å².